The lowest BCUT2D eigenvalue weighted by molar-refractivity contribution is 1.07. The Hall–Kier alpha value is -7.37. The molecule has 0 spiro atoms. The van der Waals surface area contributed by atoms with Gasteiger partial charge in [0.15, 0.2) is 17.5 Å². The summed E-state index contributed by atoms with van der Waals surface area (Å²) in [4.78, 5) is 16.1. The summed E-state index contributed by atoms with van der Waals surface area (Å²) in [6, 6.07) is 67.2. The van der Waals surface area contributed by atoms with Crippen LogP contribution in [-0.4, -0.2) is 26.2 Å². The number of aryl methyl sites for hydroxylation is 2. The molecule has 0 atom stereocenters. The van der Waals surface area contributed by atoms with Gasteiger partial charge in [0.1, 0.15) is 0 Å². The van der Waals surface area contributed by atoms with E-state index < -0.39 is 0 Å². The van der Waals surface area contributed by atoms with Gasteiger partial charge in [-0.3, -0.25) is 0 Å². The highest BCUT2D eigenvalue weighted by molar-refractivity contribution is 6.98. The molecule has 58 heavy (non-hydrogen) atoms. The molecule has 0 saturated heterocycles. The molecule has 5 heteroatoms. The Kier molecular flexibility index (Phi) is 8.00. The van der Waals surface area contributed by atoms with Crippen molar-refractivity contribution in [1.29, 1.82) is 0 Å². The summed E-state index contributed by atoms with van der Waals surface area (Å²) in [5.74, 6) is 1.90. The third-order valence-corrected chi connectivity index (χ3v) is 11.9. The van der Waals surface area contributed by atoms with E-state index in [1.165, 1.54) is 55.1 Å². The normalized spacial score (nSPS) is 11.9. The van der Waals surface area contributed by atoms with Gasteiger partial charge in [0.25, 0.3) is 0 Å². The maximum atomic E-state index is 5.47. The highest BCUT2D eigenvalue weighted by Gasteiger charge is 2.37. The van der Waals surface area contributed by atoms with Crippen LogP contribution in [0, 0.1) is 13.8 Å². The van der Waals surface area contributed by atoms with Crippen LogP contribution >= 0.6 is 0 Å². The quantitative estimate of drug-likeness (QED) is 0.165. The van der Waals surface area contributed by atoms with Gasteiger partial charge in [-0.2, -0.15) is 0 Å². The van der Waals surface area contributed by atoms with E-state index in [-0.39, 0.29) is 6.71 Å². The van der Waals surface area contributed by atoms with Gasteiger partial charge >= 0.3 is 0 Å². The Morgan fingerprint density at radius 2 is 0.810 bits per heavy atom. The zero-order valence-electron chi connectivity index (χ0n) is 32.3. The van der Waals surface area contributed by atoms with Crippen LogP contribution in [0.4, 0.5) is 0 Å². The lowest BCUT2D eigenvalue weighted by atomic mass is 9.33. The minimum Gasteiger partial charge on any atom is -0.309 e. The average Bonchev–Trinajstić information content (AvgIpc) is 3.55. The number of hydrogen-bond donors (Lipinski definition) is 0. The molecule has 1 aliphatic heterocycles. The lowest BCUT2D eigenvalue weighted by Crippen LogP contribution is -2.55. The Morgan fingerprint density at radius 3 is 1.34 bits per heavy atom. The smallest absolute Gasteiger partial charge is 0.244 e. The summed E-state index contributed by atoms with van der Waals surface area (Å²) in [6.07, 6.45) is 0. The van der Waals surface area contributed by atoms with Crippen LogP contribution in [0.3, 0.4) is 0 Å². The van der Waals surface area contributed by atoms with Gasteiger partial charge in [-0.15, -0.1) is 0 Å². The second kappa shape index (κ2) is 13.7. The fourth-order valence-electron chi connectivity index (χ4n) is 9.34. The zero-order valence-corrected chi connectivity index (χ0v) is 32.3. The van der Waals surface area contributed by atoms with Gasteiger partial charge < -0.3 is 4.57 Å². The van der Waals surface area contributed by atoms with Crippen LogP contribution < -0.4 is 16.4 Å². The van der Waals surface area contributed by atoms with Gasteiger partial charge in [-0.25, -0.2) is 15.0 Å². The second-order valence-electron chi connectivity index (χ2n) is 15.2. The summed E-state index contributed by atoms with van der Waals surface area (Å²) in [7, 11) is 0. The first-order valence-electron chi connectivity index (χ1n) is 19.9. The lowest BCUT2D eigenvalue weighted by Gasteiger charge is -2.26. The van der Waals surface area contributed by atoms with Crippen LogP contribution in [0.2, 0.25) is 0 Å². The molecule has 0 bridgehead atoms. The van der Waals surface area contributed by atoms with Crippen molar-refractivity contribution in [2.75, 3.05) is 0 Å². The first-order chi connectivity index (χ1) is 28.6. The van der Waals surface area contributed by atoms with Crippen molar-refractivity contribution in [3.8, 4) is 62.1 Å². The third kappa shape index (κ3) is 5.35. The van der Waals surface area contributed by atoms with E-state index >= 15 is 0 Å². The van der Waals surface area contributed by atoms with Gasteiger partial charge in [0.2, 0.25) is 6.71 Å². The maximum absolute atomic E-state index is 5.47. The summed E-state index contributed by atoms with van der Waals surface area (Å²) in [6.45, 7) is 4.37. The van der Waals surface area contributed by atoms with E-state index in [0.717, 1.165) is 38.9 Å². The predicted octanol–water partition coefficient (Wildman–Crippen LogP) is 10.8. The Balaban J connectivity index is 1.32. The highest BCUT2D eigenvalue weighted by Crippen LogP contribution is 2.38. The van der Waals surface area contributed by atoms with Crippen molar-refractivity contribution in [2.24, 2.45) is 0 Å². The Bertz CT molecular complexity index is 3020. The van der Waals surface area contributed by atoms with Crippen LogP contribution in [0.15, 0.2) is 188 Å². The topological polar surface area (TPSA) is 43.6 Å². The molecular weight excluding hydrogens is 703 g/mol. The molecular formula is C53H37BN4. The second-order valence-corrected chi connectivity index (χ2v) is 15.2. The molecule has 3 heterocycles. The maximum Gasteiger partial charge on any atom is 0.244 e. The summed E-state index contributed by atoms with van der Waals surface area (Å²) in [5.41, 5.74) is 17.3. The Morgan fingerprint density at radius 1 is 0.379 bits per heavy atom. The van der Waals surface area contributed by atoms with E-state index in [0.29, 0.717) is 17.5 Å². The van der Waals surface area contributed by atoms with Crippen LogP contribution in [0.1, 0.15) is 11.1 Å². The molecule has 2 aromatic heterocycles. The summed E-state index contributed by atoms with van der Waals surface area (Å²) in [5, 5.41) is 2.40. The number of benzene rings is 8. The van der Waals surface area contributed by atoms with Crippen LogP contribution in [0.5, 0.6) is 0 Å². The standard InChI is InChI=1S/C53H37BN4/c1-34-18-15-28-42-38-24-9-10-25-39(38)43-29-16-19-35(2)50(43)54(49(34)42)44-30-17-33-47(58-45-31-13-11-26-40(45)41-27-12-14-32-46(41)58)48(44)53-56-51(36-20-5-3-6-21-36)55-52(57-53)37-22-7-4-8-23-37/h3-33H,1-2H3. The first kappa shape index (κ1) is 33.9. The average molecular weight is 741 g/mol. The number of hydrogen-bond acceptors (Lipinski definition) is 3. The minimum absolute atomic E-state index is 0.153. The zero-order chi connectivity index (χ0) is 38.7. The predicted molar refractivity (Wildman–Crippen MR) is 242 cm³/mol. The van der Waals surface area contributed by atoms with Crippen molar-refractivity contribution in [2.45, 2.75) is 13.8 Å². The molecule has 0 unspecified atom stereocenters. The fraction of sp³-hybridized carbons (Fsp3) is 0.0377. The van der Waals surface area contributed by atoms with Crippen molar-refractivity contribution in [3.63, 3.8) is 0 Å². The molecule has 8 aromatic carbocycles. The van der Waals surface area contributed by atoms with Crippen molar-refractivity contribution >= 4 is 44.9 Å². The molecule has 0 aliphatic carbocycles. The molecule has 4 nitrogen and oxygen atoms in total. The van der Waals surface area contributed by atoms with Crippen molar-refractivity contribution < 1.29 is 0 Å². The van der Waals surface area contributed by atoms with Crippen LogP contribution in [-0.2, 0) is 0 Å². The molecule has 0 amide bonds. The number of fused-ring (bicyclic) bond motifs is 8. The van der Waals surface area contributed by atoms with E-state index in [4.69, 9.17) is 15.0 Å². The third-order valence-electron chi connectivity index (χ3n) is 11.9. The first-order valence-corrected chi connectivity index (χ1v) is 19.9. The van der Waals surface area contributed by atoms with E-state index in [2.05, 4.69) is 170 Å². The molecule has 11 rings (SSSR count). The van der Waals surface area contributed by atoms with E-state index in [1.807, 2.05) is 36.4 Å². The number of aromatic nitrogens is 4. The monoisotopic (exact) mass is 740 g/mol. The molecule has 10 aromatic rings. The minimum atomic E-state index is -0.153. The molecule has 0 fully saturated rings. The largest absolute Gasteiger partial charge is 0.309 e. The molecule has 272 valence electrons. The van der Waals surface area contributed by atoms with Gasteiger partial charge in [0.05, 0.1) is 16.7 Å². The molecule has 0 N–H and O–H groups in total. The van der Waals surface area contributed by atoms with Gasteiger partial charge in [-0.05, 0) is 54.3 Å². The molecule has 0 radical (unpaired) electrons. The molecule has 1 aliphatic rings. The van der Waals surface area contributed by atoms with Crippen LogP contribution in [0.25, 0.3) is 83.9 Å². The number of nitrogens with zero attached hydrogens (tertiary/aromatic N) is 4. The summed E-state index contributed by atoms with van der Waals surface area (Å²) < 4.78 is 2.42. The fourth-order valence-corrected chi connectivity index (χ4v) is 9.34. The van der Waals surface area contributed by atoms with E-state index in [9.17, 15) is 0 Å². The highest BCUT2D eigenvalue weighted by atomic mass is 15.1. The van der Waals surface area contributed by atoms with E-state index in [1.54, 1.807) is 0 Å². The van der Waals surface area contributed by atoms with Gasteiger partial charge in [0, 0.05) is 27.5 Å². The Labute approximate surface area is 338 Å². The molecule has 0 saturated carbocycles. The summed E-state index contributed by atoms with van der Waals surface area (Å²) >= 11 is 0. The van der Waals surface area contributed by atoms with Crippen molar-refractivity contribution in [1.82, 2.24) is 19.5 Å². The number of para-hydroxylation sites is 2. The SMILES string of the molecule is Cc1cccc2c1B(c1cccc(-n3c4ccccc4c4ccccc43)c1-c1nc(-c3ccccc3)nc(-c3ccccc3)n1)c1c(C)cccc1-c1ccccc1-2. The van der Waals surface area contributed by atoms with Gasteiger partial charge in [-0.1, -0.05) is 197 Å². The van der Waals surface area contributed by atoms with Crippen molar-refractivity contribution in [3.05, 3.63) is 199 Å². The number of rotatable bonds is 5.